The van der Waals surface area contributed by atoms with Crippen molar-refractivity contribution < 1.29 is 13.9 Å². The highest BCUT2D eigenvalue weighted by molar-refractivity contribution is 6.31. The molecule has 0 aromatic heterocycles. The summed E-state index contributed by atoms with van der Waals surface area (Å²) in [4.78, 5) is 11.0. The highest BCUT2D eigenvalue weighted by atomic mass is 35.5. The van der Waals surface area contributed by atoms with Crippen molar-refractivity contribution in [2.75, 3.05) is 12.4 Å². The van der Waals surface area contributed by atoms with Crippen LogP contribution < -0.4 is 10.1 Å². The summed E-state index contributed by atoms with van der Waals surface area (Å²) < 4.78 is 18.0. The third kappa shape index (κ3) is 2.70. The Balaban J connectivity index is 3.10. The van der Waals surface area contributed by atoms with Gasteiger partial charge in [0.15, 0.2) is 0 Å². The van der Waals surface area contributed by atoms with Crippen LogP contribution in [0.25, 0.3) is 0 Å². The van der Waals surface area contributed by atoms with Crippen LogP contribution in [0.3, 0.4) is 0 Å². The fourth-order valence-electron chi connectivity index (χ4n) is 0.979. The van der Waals surface area contributed by atoms with Crippen LogP contribution in [-0.4, -0.2) is 13.0 Å². The average molecular weight is 230 g/mol. The number of hydrogen-bond acceptors (Lipinski definition) is 2. The molecule has 1 aromatic carbocycles. The lowest BCUT2D eigenvalue weighted by Gasteiger charge is -2.09. The summed E-state index contributed by atoms with van der Waals surface area (Å²) in [6.45, 7) is 3.28. The van der Waals surface area contributed by atoms with E-state index in [0.717, 1.165) is 12.1 Å². The molecule has 80 valence electrons. The molecule has 0 spiro atoms. The van der Waals surface area contributed by atoms with Crippen molar-refractivity contribution >= 4 is 23.2 Å². The molecule has 0 radical (unpaired) electrons. The van der Waals surface area contributed by atoms with Gasteiger partial charge in [0.05, 0.1) is 17.8 Å². The molecule has 1 amide bonds. The van der Waals surface area contributed by atoms with Crippen LogP contribution in [-0.2, 0) is 4.79 Å². The Morgan fingerprint density at radius 2 is 2.33 bits per heavy atom. The van der Waals surface area contributed by atoms with Gasteiger partial charge in [0.2, 0.25) is 5.91 Å². The first-order chi connectivity index (χ1) is 7.08. The van der Waals surface area contributed by atoms with E-state index in [9.17, 15) is 9.18 Å². The van der Waals surface area contributed by atoms with Gasteiger partial charge >= 0.3 is 0 Å². The Bertz CT molecular complexity index is 407. The van der Waals surface area contributed by atoms with Crippen LogP contribution in [0.15, 0.2) is 24.8 Å². The summed E-state index contributed by atoms with van der Waals surface area (Å²) >= 11 is 5.55. The second-order valence-electron chi connectivity index (χ2n) is 2.66. The van der Waals surface area contributed by atoms with E-state index in [1.165, 1.54) is 13.2 Å². The minimum absolute atomic E-state index is 0.0662. The third-order valence-corrected chi connectivity index (χ3v) is 1.98. The maximum atomic E-state index is 13.1. The molecule has 0 saturated carbocycles. The number of anilines is 1. The van der Waals surface area contributed by atoms with Crippen molar-refractivity contribution in [3.63, 3.8) is 0 Å². The molecule has 1 N–H and O–H groups in total. The molecule has 0 aliphatic heterocycles. The Kier molecular flexibility index (Phi) is 3.68. The number of carbonyl (C=O) groups is 1. The highest BCUT2D eigenvalue weighted by Crippen LogP contribution is 2.30. The summed E-state index contributed by atoms with van der Waals surface area (Å²) in [5.41, 5.74) is 0.212. The summed E-state index contributed by atoms with van der Waals surface area (Å²) in [6.07, 6.45) is 1.08. The summed E-state index contributed by atoms with van der Waals surface area (Å²) in [6, 6.07) is 2.37. The second kappa shape index (κ2) is 4.79. The van der Waals surface area contributed by atoms with Crippen molar-refractivity contribution in [1.82, 2.24) is 0 Å². The topological polar surface area (TPSA) is 38.3 Å². The van der Waals surface area contributed by atoms with E-state index in [4.69, 9.17) is 16.3 Å². The van der Waals surface area contributed by atoms with E-state index in [0.29, 0.717) is 0 Å². The summed E-state index contributed by atoms with van der Waals surface area (Å²) in [5.74, 6) is -0.788. The van der Waals surface area contributed by atoms with Crippen LogP contribution in [0.4, 0.5) is 10.1 Å². The van der Waals surface area contributed by atoms with Crippen LogP contribution >= 0.6 is 11.6 Å². The normalized spacial score (nSPS) is 9.53. The molecular formula is C10H9ClFNO2. The van der Waals surface area contributed by atoms with Gasteiger partial charge in [-0.2, -0.15) is 0 Å². The van der Waals surface area contributed by atoms with E-state index >= 15 is 0 Å². The first-order valence-electron chi connectivity index (χ1n) is 4.05. The Hall–Kier alpha value is -1.55. The van der Waals surface area contributed by atoms with Gasteiger partial charge in [0, 0.05) is 12.1 Å². The van der Waals surface area contributed by atoms with Gasteiger partial charge in [0.25, 0.3) is 0 Å². The standard InChI is InChI=1S/C10H9ClFNO2/c1-3-10(14)13-8-5-7(12)6(11)4-9(8)15-2/h3-5H,1H2,2H3,(H,13,14). The van der Waals surface area contributed by atoms with Gasteiger partial charge in [-0.3, -0.25) is 4.79 Å². The molecule has 0 atom stereocenters. The number of methoxy groups -OCH3 is 1. The van der Waals surface area contributed by atoms with Crippen molar-refractivity contribution in [3.8, 4) is 5.75 Å². The van der Waals surface area contributed by atoms with Crippen molar-refractivity contribution in [2.24, 2.45) is 0 Å². The molecule has 0 aliphatic carbocycles. The fraction of sp³-hybridized carbons (Fsp3) is 0.100. The Morgan fingerprint density at radius 1 is 1.67 bits per heavy atom. The van der Waals surface area contributed by atoms with Crippen LogP contribution in [0, 0.1) is 5.82 Å². The molecule has 1 rings (SSSR count). The first-order valence-corrected chi connectivity index (χ1v) is 4.42. The number of nitrogens with one attached hydrogen (secondary N) is 1. The minimum atomic E-state index is -0.628. The molecular weight excluding hydrogens is 221 g/mol. The molecule has 3 nitrogen and oxygen atoms in total. The van der Waals surface area contributed by atoms with Crippen LogP contribution in [0.1, 0.15) is 0 Å². The number of amides is 1. The second-order valence-corrected chi connectivity index (χ2v) is 3.07. The zero-order chi connectivity index (χ0) is 11.4. The fourth-order valence-corrected chi connectivity index (χ4v) is 1.13. The number of ether oxygens (including phenoxy) is 1. The predicted molar refractivity (Wildman–Crippen MR) is 56.8 cm³/mol. The third-order valence-electron chi connectivity index (χ3n) is 1.69. The lowest BCUT2D eigenvalue weighted by Crippen LogP contribution is -2.08. The van der Waals surface area contributed by atoms with E-state index < -0.39 is 11.7 Å². The maximum Gasteiger partial charge on any atom is 0.247 e. The van der Waals surface area contributed by atoms with E-state index in [1.54, 1.807) is 0 Å². The van der Waals surface area contributed by atoms with Crippen molar-refractivity contribution in [1.29, 1.82) is 0 Å². The monoisotopic (exact) mass is 229 g/mol. The number of benzene rings is 1. The molecule has 0 bridgehead atoms. The molecule has 0 saturated heterocycles. The average Bonchev–Trinajstić information content (AvgIpc) is 2.22. The number of rotatable bonds is 3. The van der Waals surface area contributed by atoms with Crippen LogP contribution in [0.5, 0.6) is 5.75 Å². The van der Waals surface area contributed by atoms with Gasteiger partial charge in [0.1, 0.15) is 11.6 Å². The quantitative estimate of drug-likeness (QED) is 0.810. The van der Waals surface area contributed by atoms with Crippen LogP contribution in [0.2, 0.25) is 5.02 Å². The summed E-state index contributed by atoms with van der Waals surface area (Å²) in [7, 11) is 1.40. The molecule has 0 fully saturated rings. The maximum absolute atomic E-state index is 13.1. The van der Waals surface area contributed by atoms with Gasteiger partial charge in [-0.1, -0.05) is 18.2 Å². The van der Waals surface area contributed by atoms with Gasteiger partial charge < -0.3 is 10.1 Å². The largest absolute Gasteiger partial charge is 0.495 e. The first kappa shape index (κ1) is 11.5. The van der Waals surface area contributed by atoms with E-state index in [2.05, 4.69) is 11.9 Å². The van der Waals surface area contributed by atoms with Crippen molar-refractivity contribution in [2.45, 2.75) is 0 Å². The number of halogens is 2. The van der Waals surface area contributed by atoms with Gasteiger partial charge in [-0.15, -0.1) is 0 Å². The van der Waals surface area contributed by atoms with Gasteiger partial charge in [-0.25, -0.2) is 4.39 Å². The predicted octanol–water partition coefficient (Wildman–Crippen LogP) is 2.61. The minimum Gasteiger partial charge on any atom is -0.495 e. The molecule has 0 aliphatic rings. The van der Waals surface area contributed by atoms with E-state index in [1.807, 2.05) is 0 Å². The number of carbonyl (C=O) groups excluding carboxylic acids is 1. The highest BCUT2D eigenvalue weighted by Gasteiger charge is 2.10. The number of hydrogen-bond donors (Lipinski definition) is 1. The Morgan fingerprint density at radius 3 is 2.87 bits per heavy atom. The van der Waals surface area contributed by atoms with E-state index in [-0.39, 0.29) is 16.5 Å². The lowest BCUT2D eigenvalue weighted by molar-refractivity contribution is -0.111. The van der Waals surface area contributed by atoms with Gasteiger partial charge in [-0.05, 0) is 6.08 Å². The molecule has 0 unspecified atom stereocenters. The summed E-state index contributed by atoms with van der Waals surface area (Å²) in [5, 5.41) is 2.33. The van der Waals surface area contributed by atoms with Crippen molar-refractivity contribution in [3.05, 3.63) is 35.6 Å². The Labute approximate surface area is 91.5 Å². The zero-order valence-corrected chi connectivity index (χ0v) is 8.77. The molecule has 15 heavy (non-hydrogen) atoms. The lowest BCUT2D eigenvalue weighted by atomic mass is 10.2. The SMILES string of the molecule is C=CC(=O)Nc1cc(F)c(Cl)cc1OC. The molecule has 5 heteroatoms. The zero-order valence-electron chi connectivity index (χ0n) is 8.01. The smallest absolute Gasteiger partial charge is 0.247 e. The molecule has 1 aromatic rings. The molecule has 0 heterocycles.